The normalized spacial score (nSPS) is 12.2. The van der Waals surface area contributed by atoms with Gasteiger partial charge >= 0.3 is 0 Å². The lowest BCUT2D eigenvalue weighted by Crippen LogP contribution is -2.35. The van der Waals surface area contributed by atoms with Gasteiger partial charge in [0.05, 0.1) is 6.20 Å². The van der Waals surface area contributed by atoms with Crippen LogP contribution in [-0.4, -0.2) is 28.5 Å². The second kappa shape index (κ2) is 4.51. The highest BCUT2D eigenvalue weighted by Crippen LogP contribution is 1.88. The number of amides is 1. The molecule has 1 rings (SSSR count). The molecule has 0 bridgehead atoms. The molecule has 13 heavy (non-hydrogen) atoms. The first-order valence-corrected chi connectivity index (χ1v) is 4.00. The van der Waals surface area contributed by atoms with E-state index in [0.717, 1.165) is 0 Å². The van der Waals surface area contributed by atoms with Crippen molar-refractivity contribution in [2.75, 3.05) is 6.54 Å². The van der Waals surface area contributed by atoms with E-state index < -0.39 is 0 Å². The van der Waals surface area contributed by atoms with Crippen LogP contribution in [0, 0.1) is 0 Å². The summed E-state index contributed by atoms with van der Waals surface area (Å²) in [6.07, 6.45) is 4.40. The van der Waals surface area contributed by atoms with Gasteiger partial charge in [-0.25, -0.2) is 4.98 Å². The molecule has 1 unspecified atom stereocenters. The lowest BCUT2D eigenvalue weighted by molar-refractivity contribution is 0.0946. The molecule has 0 saturated carbocycles. The molecule has 1 atom stereocenters. The van der Waals surface area contributed by atoms with E-state index in [1.165, 1.54) is 18.6 Å². The molecule has 3 N–H and O–H groups in total. The van der Waals surface area contributed by atoms with Crippen molar-refractivity contribution >= 4 is 5.91 Å². The molecule has 1 amide bonds. The van der Waals surface area contributed by atoms with Gasteiger partial charge < -0.3 is 11.1 Å². The number of rotatable bonds is 3. The van der Waals surface area contributed by atoms with E-state index in [1.54, 1.807) is 0 Å². The molecule has 0 aliphatic rings. The number of aromatic nitrogens is 2. The quantitative estimate of drug-likeness (QED) is 0.660. The van der Waals surface area contributed by atoms with Gasteiger partial charge in [0.2, 0.25) is 0 Å². The summed E-state index contributed by atoms with van der Waals surface area (Å²) in [4.78, 5) is 18.9. The molecule has 0 aliphatic heterocycles. The molecule has 1 aromatic rings. The zero-order valence-corrected chi connectivity index (χ0v) is 7.40. The SMILES string of the molecule is CC(N)CNC(=O)c1cnccn1. The number of carbonyl (C=O) groups excluding carboxylic acids is 1. The second-order valence-corrected chi connectivity index (χ2v) is 2.78. The minimum Gasteiger partial charge on any atom is -0.349 e. The van der Waals surface area contributed by atoms with Crippen molar-refractivity contribution < 1.29 is 4.79 Å². The third-order valence-electron chi connectivity index (χ3n) is 1.38. The van der Waals surface area contributed by atoms with E-state index in [1.807, 2.05) is 6.92 Å². The molecular weight excluding hydrogens is 168 g/mol. The van der Waals surface area contributed by atoms with Crippen LogP contribution >= 0.6 is 0 Å². The van der Waals surface area contributed by atoms with Crippen LogP contribution in [0.3, 0.4) is 0 Å². The van der Waals surface area contributed by atoms with Crippen LogP contribution < -0.4 is 11.1 Å². The molecule has 0 fully saturated rings. The Morgan fingerprint density at radius 3 is 3.00 bits per heavy atom. The number of hydrogen-bond donors (Lipinski definition) is 2. The second-order valence-electron chi connectivity index (χ2n) is 2.78. The molecule has 5 heteroatoms. The van der Waals surface area contributed by atoms with Crippen molar-refractivity contribution in [3.05, 3.63) is 24.3 Å². The molecule has 1 heterocycles. The molecular formula is C8H12N4O. The average Bonchev–Trinajstić information content (AvgIpc) is 2.15. The molecule has 0 saturated heterocycles. The Bertz CT molecular complexity index is 273. The predicted molar refractivity (Wildman–Crippen MR) is 48.0 cm³/mol. The van der Waals surface area contributed by atoms with Crippen molar-refractivity contribution in [1.82, 2.24) is 15.3 Å². The fourth-order valence-corrected chi connectivity index (χ4v) is 0.761. The zero-order valence-electron chi connectivity index (χ0n) is 7.40. The van der Waals surface area contributed by atoms with Crippen LogP contribution in [0.2, 0.25) is 0 Å². The average molecular weight is 180 g/mol. The molecule has 5 nitrogen and oxygen atoms in total. The number of nitrogens with one attached hydrogen (secondary N) is 1. The monoisotopic (exact) mass is 180 g/mol. The van der Waals surface area contributed by atoms with Crippen molar-refractivity contribution in [3.63, 3.8) is 0 Å². The topological polar surface area (TPSA) is 80.9 Å². The highest BCUT2D eigenvalue weighted by atomic mass is 16.1. The van der Waals surface area contributed by atoms with Gasteiger partial charge in [-0.05, 0) is 6.92 Å². The third-order valence-corrected chi connectivity index (χ3v) is 1.38. The van der Waals surface area contributed by atoms with Crippen molar-refractivity contribution in [3.8, 4) is 0 Å². The van der Waals surface area contributed by atoms with Crippen LogP contribution in [0.4, 0.5) is 0 Å². The fourth-order valence-electron chi connectivity index (χ4n) is 0.761. The zero-order chi connectivity index (χ0) is 9.68. The summed E-state index contributed by atoms with van der Waals surface area (Å²) in [7, 11) is 0. The molecule has 1 aromatic heterocycles. The Labute approximate surface area is 76.4 Å². The Hall–Kier alpha value is -1.49. The Morgan fingerprint density at radius 1 is 1.69 bits per heavy atom. The van der Waals surface area contributed by atoms with Gasteiger partial charge in [-0.3, -0.25) is 9.78 Å². The molecule has 70 valence electrons. The molecule has 0 radical (unpaired) electrons. The predicted octanol–water partition coefficient (Wildman–Crippen LogP) is -0.446. The Kier molecular flexibility index (Phi) is 3.33. The maximum atomic E-state index is 11.3. The highest BCUT2D eigenvalue weighted by molar-refractivity contribution is 5.91. The molecule has 0 spiro atoms. The maximum absolute atomic E-state index is 11.3. The van der Waals surface area contributed by atoms with Gasteiger partial charge in [-0.15, -0.1) is 0 Å². The number of nitrogens with two attached hydrogens (primary N) is 1. The van der Waals surface area contributed by atoms with Gasteiger partial charge in [0.25, 0.3) is 5.91 Å². The van der Waals surface area contributed by atoms with Crippen LogP contribution in [0.1, 0.15) is 17.4 Å². The summed E-state index contributed by atoms with van der Waals surface area (Å²) in [5, 5.41) is 2.63. The number of carbonyl (C=O) groups is 1. The summed E-state index contributed by atoms with van der Waals surface area (Å²) >= 11 is 0. The Morgan fingerprint density at radius 2 is 2.46 bits per heavy atom. The van der Waals surface area contributed by atoms with E-state index in [-0.39, 0.29) is 11.9 Å². The molecule has 0 aromatic carbocycles. The van der Waals surface area contributed by atoms with E-state index in [9.17, 15) is 4.79 Å². The van der Waals surface area contributed by atoms with E-state index in [0.29, 0.717) is 12.2 Å². The standard InChI is InChI=1S/C8H12N4O/c1-6(9)4-12-8(13)7-5-10-2-3-11-7/h2-3,5-6H,4,9H2,1H3,(H,12,13). The summed E-state index contributed by atoms with van der Waals surface area (Å²) < 4.78 is 0. The lowest BCUT2D eigenvalue weighted by atomic mass is 10.3. The van der Waals surface area contributed by atoms with Gasteiger partial charge in [0.15, 0.2) is 0 Å². The highest BCUT2D eigenvalue weighted by Gasteiger charge is 2.05. The van der Waals surface area contributed by atoms with Gasteiger partial charge in [-0.1, -0.05) is 0 Å². The van der Waals surface area contributed by atoms with Crippen molar-refractivity contribution in [2.24, 2.45) is 5.73 Å². The Balaban J connectivity index is 2.50. The summed E-state index contributed by atoms with van der Waals surface area (Å²) in [6.45, 7) is 2.26. The van der Waals surface area contributed by atoms with Crippen LogP contribution in [-0.2, 0) is 0 Å². The van der Waals surface area contributed by atoms with Crippen molar-refractivity contribution in [1.29, 1.82) is 0 Å². The summed E-state index contributed by atoms with van der Waals surface area (Å²) in [6, 6.07) is -0.0550. The number of hydrogen-bond acceptors (Lipinski definition) is 4. The minimum absolute atomic E-state index is 0.0550. The van der Waals surface area contributed by atoms with E-state index in [4.69, 9.17) is 5.73 Å². The first-order valence-electron chi connectivity index (χ1n) is 4.00. The summed E-state index contributed by atoms with van der Waals surface area (Å²) in [5.41, 5.74) is 5.78. The fraction of sp³-hybridized carbons (Fsp3) is 0.375. The minimum atomic E-state index is -0.245. The van der Waals surface area contributed by atoms with Gasteiger partial charge in [-0.2, -0.15) is 0 Å². The van der Waals surface area contributed by atoms with E-state index in [2.05, 4.69) is 15.3 Å². The van der Waals surface area contributed by atoms with Crippen LogP contribution in [0.25, 0.3) is 0 Å². The smallest absolute Gasteiger partial charge is 0.271 e. The van der Waals surface area contributed by atoms with Crippen molar-refractivity contribution in [2.45, 2.75) is 13.0 Å². The van der Waals surface area contributed by atoms with Gasteiger partial charge in [0.1, 0.15) is 5.69 Å². The first-order chi connectivity index (χ1) is 6.20. The molecule has 0 aliphatic carbocycles. The lowest BCUT2D eigenvalue weighted by Gasteiger charge is -2.06. The third kappa shape index (κ3) is 3.16. The van der Waals surface area contributed by atoms with Crippen LogP contribution in [0.5, 0.6) is 0 Å². The summed E-state index contributed by atoms with van der Waals surface area (Å²) in [5.74, 6) is -0.245. The number of nitrogens with zero attached hydrogens (tertiary/aromatic N) is 2. The maximum Gasteiger partial charge on any atom is 0.271 e. The van der Waals surface area contributed by atoms with E-state index >= 15 is 0 Å². The van der Waals surface area contributed by atoms with Crippen LogP contribution in [0.15, 0.2) is 18.6 Å². The van der Waals surface area contributed by atoms with Gasteiger partial charge in [0, 0.05) is 25.0 Å². The largest absolute Gasteiger partial charge is 0.349 e. The first kappa shape index (κ1) is 9.60.